The molecule has 96 valence electrons. The van der Waals surface area contributed by atoms with Gasteiger partial charge in [-0.2, -0.15) is 0 Å². The maximum Gasteiger partial charge on any atom is 0.311 e. The van der Waals surface area contributed by atoms with Crippen LogP contribution in [0.3, 0.4) is 0 Å². The van der Waals surface area contributed by atoms with Crippen molar-refractivity contribution in [3.63, 3.8) is 0 Å². The maximum absolute atomic E-state index is 11.1. The fourth-order valence-electron chi connectivity index (χ4n) is 2.03. The Balaban J connectivity index is 2.22. The average Bonchev–Trinajstić information content (AvgIpc) is 2.73. The number of hydrogen-bond acceptors (Lipinski definition) is 5. The van der Waals surface area contributed by atoms with Crippen LogP contribution in [0, 0.1) is 15.5 Å². The van der Waals surface area contributed by atoms with E-state index in [9.17, 15) is 14.9 Å². The second-order valence-corrected chi connectivity index (χ2v) is 4.67. The lowest BCUT2D eigenvalue weighted by Crippen LogP contribution is -2.31. The van der Waals surface area contributed by atoms with Crippen LogP contribution in [0.2, 0.25) is 0 Å². The summed E-state index contributed by atoms with van der Waals surface area (Å²) in [4.78, 5) is 27.1. The molecule has 0 bridgehead atoms. The van der Waals surface area contributed by atoms with Gasteiger partial charge in [0.25, 0.3) is 5.69 Å². The van der Waals surface area contributed by atoms with Crippen LogP contribution in [0.1, 0.15) is 13.3 Å². The number of pyridine rings is 1. The molecule has 18 heavy (non-hydrogen) atoms. The van der Waals surface area contributed by atoms with Crippen LogP contribution in [0.15, 0.2) is 18.3 Å². The van der Waals surface area contributed by atoms with Gasteiger partial charge in [0.15, 0.2) is 0 Å². The minimum absolute atomic E-state index is 0.0380. The predicted octanol–water partition coefficient (Wildman–Crippen LogP) is 1.29. The number of nitrogens with zero attached hydrogens (tertiary/aromatic N) is 3. The van der Waals surface area contributed by atoms with Gasteiger partial charge in [0.2, 0.25) is 0 Å². The van der Waals surface area contributed by atoms with E-state index >= 15 is 0 Å². The van der Waals surface area contributed by atoms with Crippen molar-refractivity contribution in [1.82, 2.24) is 4.98 Å². The summed E-state index contributed by atoms with van der Waals surface area (Å²) in [5.41, 5.74) is -0.851. The second kappa shape index (κ2) is 4.25. The molecule has 1 saturated heterocycles. The number of carbonyl (C=O) groups is 1. The number of aliphatic carboxylic acids is 1. The van der Waals surface area contributed by atoms with Gasteiger partial charge in [0.1, 0.15) is 5.82 Å². The number of aromatic nitrogens is 1. The molecular weight excluding hydrogens is 238 g/mol. The molecule has 1 aromatic rings. The van der Waals surface area contributed by atoms with Crippen molar-refractivity contribution in [2.75, 3.05) is 18.0 Å². The summed E-state index contributed by atoms with van der Waals surface area (Å²) in [6.07, 6.45) is 1.87. The highest BCUT2D eigenvalue weighted by Gasteiger charge is 2.41. The molecule has 2 heterocycles. The molecule has 1 N–H and O–H groups in total. The Morgan fingerprint density at radius 2 is 2.39 bits per heavy atom. The molecule has 0 aliphatic carbocycles. The van der Waals surface area contributed by atoms with Crippen molar-refractivity contribution in [3.05, 3.63) is 28.4 Å². The van der Waals surface area contributed by atoms with E-state index in [-0.39, 0.29) is 5.69 Å². The monoisotopic (exact) mass is 251 g/mol. The zero-order valence-corrected chi connectivity index (χ0v) is 9.87. The molecule has 1 aliphatic rings. The normalized spacial score (nSPS) is 23.1. The van der Waals surface area contributed by atoms with Crippen LogP contribution in [0.25, 0.3) is 0 Å². The van der Waals surface area contributed by atoms with Crippen molar-refractivity contribution < 1.29 is 14.8 Å². The maximum atomic E-state index is 11.1. The molecule has 2 rings (SSSR count). The first-order valence-corrected chi connectivity index (χ1v) is 5.51. The lowest BCUT2D eigenvalue weighted by Gasteiger charge is -2.20. The molecule has 7 nitrogen and oxygen atoms in total. The van der Waals surface area contributed by atoms with E-state index in [1.54, 1.807) is 11.8 Å². The lowest BCUT2D eigenvalue weighted by atomic mass is 9.90. The van der Waals surface area contributed by atoms with E-state index in [4.69, 9.17) is 5.11 Å². The topological polar surface area (TPSA) is 96.6 Å². The molecule has 1 fully saturated rings. The number of nitro groups is 1. The first-order valence-electron chi connectivity index (χ1n) is 5.51. The number of carboxylic acid groups (broad SMARTS) is 1. The van der Waals surface area contributed by atoms with Gasteiger partial charge >= 0.3 is 5.97 Å². The van der Waals surface area contributed by atoms with Gasteiger partial charge in [0, 0.05) is 25.4 Å². The van der Waals surface area contributed by atoms with Crippen LogP contribution < -0.4 is 4.90 Å². The molecule has 1 atom stereocenters. The number of anilines is 1. The van der Waals surface area contributed by atoms with Gasteiger partial charge in [-0.25, -0.2) is 4.98 Å². The SMILES string of the molecule is CC1(C(=O)O)CCN(c2cc([N+](=O)[O-])ccn2)C1. The smallest absolute Gasteiger partial charge is 0.311 e. The first-order chi connectivity index (χ1) is 8.42. The van der Waals surface area contributed by atoms with Crippen molar-refractivity contribution in [1.29, 1.82) is 0 Å². The summed E-state index contributed by atoms with van der Waals surface area (Å²) in [5, 5.41) is 19.8. The summed E-state index contributed by atoms with van der Waals surface area (Å²) >= 11 is 0. The summed E-state index contributed by atoms with van der Waals surface area (Å²) in [6, 6.07) is 2.68. The Kier molecular flexibility index (Phi) is 2.90. The molecule has 1 aromatic heterocycles. The Labute approximate surface area is 103 Å². The van der Waals surface area contributed by atoms with Crippen molar-refractivity contribution in [2.24, 2.45) is 5.41 Å². The fraction of sp³-hybridized carbons (Fsp3) is 0.455. The minimum Gasteiger partial charge on any atom is -0.481 e. The highest BCUT2D eigenvalue weighted by atomic mass is 16.6. The van der Waals surface area contributed by atoms with E-state index in [1.165, 1.54) is 18.3 Å². The highest BCUT2D eigenvalue weighted by Crippen LogP contribution is 2.33. The molecule has 1 aliphatic heterocycles. The van der Waals surface area contributed by atoms with E-state index in [1.807, 2.05) is 0 Å². The Bertz CT molecular complexity index is 505. The number of carboxylic acids is 1. The van der Waals surface area contributed by atoms with E-state index in [0.717, 1.165) is 0 Å². The van der Waals surface area contributed by atoms with Gasteiger partial charge in [0.05, 0.1) is 16.4 Å². The Morgan fingerprint density at radius 1 is 1.67 bits per heavy atom. The van der Waals surface area contributed by atoms with E-state index in [2.05, 4.69) is 4.98 Å². The molecule has 0 amide bonds. The first kappa shape index (κ1) is 12.3. The molecule has 0 radical (unpaired) electrons. The molecule has 0 saturated carbocycles. The average molecular weight is 251 g/mol. The van der Waals surface area contributed by atoms with Crippen molar-refractivity contribution >= 4 is 17.5 Å². The van der Waals surface area contributed by atoms with E-state index in [0.29, 0.717) is 25.3 Å². The van der Waals surface area contributed by atoms with Crippen LogP contribution in [-0.4, -0.2) is 34.1 Å². The summed E-state index contributed by atoms with van der Waals surface area (Å²) in [7, 11) is 0. The van der Waals surface area contributed by atoms with Crippen LogP contribution in [0.5, 0.6) is 0 Å². The van der Waals surface area contributed by atoms with Gasteiger partial charge < -0.3 is 10.0 Å². The van der Waals surface area contributed by atoms with Crippen LogP contribution in [-0.2, 0) is 4.79 Å². The summed E-state index contributed by atoms with van der Waals surface area (Å²) < 4.78 is 0. The predicted molar refractivity (Wildman–Crippen MR) is 63.5 cm³/mol. The number of rotatable bonds is 3. The van der Waals surface area contributed by atoms with Crippen molar-refractivity contribution in [2.45, 2.75) is 13.3 Å². The lowest BCUT2D eigenvalue weighted by molar-refractivity contribution is -0.384. The third kappa shape index (κ3) is 2.11. The third-order valence-electron chi connectivity index (χ3n) is 3.25. The third-order valence-corrected chi connectivity index (χ3v) is 3.25. The largest absolute Gasteiger partial charge is 0.481 e. The molecule has 7 heteroatoms. The van der Waals surface area contributed by atoms with Crippen molar-refractivity contribution in [3.8, 4) is 0 Å². The Morgan fingerprint density at radius 3 is 2.94 bits per heavy atom. The van der Waals surface area contributed by atoms with Crippen LogP contribution in [0.4, 0.5) is 11.5 Å². The zero-order chi connectivity index (χ0) is 13.3. The standard InChI is InChI=1S/C11H13N3O4/c1-11(10(15)16)3-5-13(7-11)9-6-8(14(17)18)2-4-12-9/h2,4,6H,3,5,7H2,1H3,(H,15,16). The van der Waals surface area contributed by atoms with E-state index < -0.39 is 16.3 Å². The highest BCUT2D eigenvalue weighted by molar-refractivity contribution is 5.76. The quantitative estimate of drug-likeness (QED) is 0.642. The zero-order valence-electron chi connectivity index (χ0n) is 9.87. The Hall–Kier alpha value is -2.18. The molecular formula is C11H13N3O4. The van der Waals surface area contributed by atoms with Gasteiger partial charge in [-0.05, 0) is 13.3 Å². The second-order valence-electron chi connectivity index (χ2n) is 4.67. The minimum atomic E-state index is -0.851. The van der Waals surface area contributed by atoms with Crippen LogP contribution >= 0.6 is 0 Å². The number of hydrogen-bond donors (Lipinski definition) is 1. The molecule has 0 aromatic carbocycles. The molecule has 1 unspecified atom stereocenters. The molecule has 0 spiro atoms. The van der Waals surface area contributed by atoms with Gasteiger partial charge in [-0.15, -0.1) is 0 Å². The van der Waals surface area contributed by atoms with Gasteiger partial charge in [-0.3, -0.25) is 14.9 Å². The fourth-order valence-corrected chi connectivity index (χ4v) is 2.03. The summed E-state index contributed by atoms with van der Waals surface area (Å²) in [5.74, 6) is -0.399. The summed E-state index contributed by atoms with van der Waals surface area (Å²) in [6.45, 7) is 2.53. The van der Waals surface area contributed by atoms with Gasteiger partial charge in [-0.1, -0.05) is 0 Å².